The molecule has 0 spiro atoms. The lowest BCUT2D eigenvalue weighted by atomic mass is 10.0. The second-order valence-corrected chi connectivity index (χ2v) is 8.52. The van der Waals surface area contributed by atoms with Crippen molar-refractivity contribution in [2.24, 2.45) is 0 Å². The van der Waals surface area contributed by atoms with Crippen LogP contribution in [0.3, 0.4) is 0 Å². The van der Waals surface area contributed by atoms with E-state index >= 15 is 0 Å². The largest absolute Gasteiger partial charge is 0.331 e. The summed E-state index contributed by atoms with van der Waals surface area (Å²) >= 11 is 0. The van der Waals surface area contributed by atoms with E-state index in [1.54, 1.807) is 29.3 Å². The molecule has 4 rings (SSSR count). The van der Waals surface area contributed by atoms with Gasteiger partial charge < -0.3 is 9.88 Å². The van der Waals surface area contributed by atoms with E-state index in [2.05, 4.69) is 28.9 Å². The van der Waals surface area contributed by atoms with Gasteiger partial charge in [-0.15, -0.1) is 0 Å². The summed E-state index contributed by atoms with van der Waals surface area (Å²) in [5, 5.41) is 5.74. The van der Waals surface area contributed by atoms with Crippen LogP contribution in [0.25, 0.3) is 21.9 Å². The number of amides is 1. The molecule has 3 heterocycles. The third-order valence-corrected chi connectivity index (χ3v) is 5.57. The number of carbonyl (C=O) groups is 1. The van der Waals surface area contributed by atoms with E-state index < -0.39 is 0 Å². The molecule has 1 amide bonds. The molecular formula is C24H28N6O2. The van der Waals surface area contributed by atoms with Gasteiger partial charge in [-0.05, 0) is 44.9 Å². The highest BCUT2D eigenvalue weighted by Gasteiger charge is 2.23. The van der Waals surface area contributed by atoms with Gasteiger partial charge in [0.25, 0.3) is 11.5 Å². The summed E-state index contributed by atoms with van der Waals surface area (Å²) in [7, 11) is 0. The minimum atomic E-state index is -0.208. The van der Waals surface area contributed by atoms with Gasteiger partial charge in [0.05, 0.1) is 34.6 Å². The number of fused-ring (bicyclic) bond motifs is 2. The third-order valence-electron chi connectivity index (χ3n) is 5.57. The number of H-pyrrole nitrogens is 1. The van der Waals surface area contributed by atoms with Crippen molar-refractivity contribution in [3.63, 3.8) is 0 Å². The maximum absolute atomic E-state index is 13.6. The van der Waals surface area contributed by atoms with E-state index in [4.69, 9.17) is 4.98 Å². The number of hydrogen-bond donors (Lipinski definition) is 1. The van der Waals surface area contributed by atoms with Crippen molar-refractivity contribution in [2.75, 3.05) is 6.54 Å². The van der Waals surface area contributed by atoms with Gasteiger partial charge in [-0.3, -0.25) is 9.59 Å². The fourth-order valence-corrected chi connectivity index (χ4v) is 3.78. The summed E-state index contributed by atoms with van der Waals surface area (Å²) in [6.45, 7) is 10.8. The lowest BCUT2D eigenvalue weighted by Crippen LogP contribution is -2.32. The van der Waals surface area contributed by atoms with E-state index in [9.17, 15) is 9.59 Å². The van der Waals surface area contributed by atoms with Crippen LogP contribution >= 0.6 is 0 Å². The molecule has 1 N–H and O–H groups in total. The molecule has 0 fully saturated rings. The first kappa shape index (κ1) is 21.7. The Balaban J connectivity index is 1.76. The molecule has 4 aromatic rings. The van der Waals surface area contributed by atoms with Gasteiger partial charge in [0.1, 0.15) is 5.82 Å². The normalized spacial score (nSPS) is 11.7. The van der Waals surface area contributed by atoms with Crippen LogP contribution in [-0.4, -0.2) is 42.1 Å². The number of aromatic nitrogens is 5. The Hall–Kier alpha value is -3.55. The molecule has 32 heavy (non-hydrogen) atoms. The highest BCUT2D eigenvalue weighted by Crippen LogP contribution is 2.25. The van der Waals surface area contributed by atoms with Gasteiger partial charge in [0.2, 0.25) is 0 Å². The molecular weight excluding hydrogens is 404 g/mol. The van der Waals surface area contributed by atoms with Crippen LogP contribution in [0, 0.1) is 0 Å². The van der Waals surface area contributed by atoms with Gasteiger partial charge in [0, 0.05) is 18.3 Å². The molecule has 8 heteroatoms. The van der Waals surface area contributed by atoms with E-state index in [1.165, 1.54) is 0 Å². The van der Waals surface area contributed by atoms with Crippen LogP contribution in [0.15, 0.2) is 41.3 Å². The van der Waals surface area contributed by atoms with Gasteiger partial charge in [-0.2, -0.15) is 5.10 Å². The van der Waals surface area contributed by atoms with Gasteiger partial charge in [-0.1, -0.05) is 26.0 Å². The van der Waals surface area contributed by atoms with E-state index in [-0.39, 0.29) is 30.0 Å². The molecule has 0 bridgehead atoms. The summed E-state index contributed by atoms with van der Waals surface area (Å²) in [6.07, 6.45) is 1.71. The number of nitrogens with one attached hydrogen (secondary N) is 1. The number of nitrogens with zero attached hydrogens (tertiary/aromatic N) is 5. The molecule has 1 aromatic carbocycles. The minimum Gasteiger partial charge on any atom is -0.331 e. The quantitative estimate of drug-likeness (QED) is 0.496. The molecule has 166 valence electrons. The number of carbonyl (C=O) groups excluding carboxylic acids is 1. The smallest absolute Gasteiger partial charge is 0.258 e. The first-order valence-electron chi connectivity index (χ1n) is 11.0. The Morgan fingerprint density at radius 2 is 1.88 bits per heavy atom. The molecule has 0 atom stereocenters. The number of benzene rings is 1. The van der Waals surface area contributed by atoms with Crippen LogP contribution in [0.2, 0.25) is 0 Å². The minimum absolute atomic E-state index is 0.125. The number of pyridine rings is 1. The molecule has 8 nitrogen and oxygen atoms in total. The molecule has 0 aliphatic rings. The third kappa shape index (κ3) is 3.88. The average Bonchev–Trinajstić information content (AvgIpc) is 3.21. The molecule has 0 saturated heterocycles. The lowest BCUT2D eigenvalue weighted by Gasteiger charge is -2.21. The van der Waals surface area contributed by atoms with Crippen molar-refractivity contribution in [3.8, 4) is 0 Å². The van der Waals surface area contributed by atoms with Crippen molar-refractivity contribution in [2.45, 2.75) is 53.1 Å². The number of aromatic amines is 1. The zero-order chi connectivity index (χ0) is 23.0. The number of hydrogen-bond acceptors (Lipinski definition) is 5. The Morgan fingerprint density at radius 1 is 1.12 bits per heavy atom. The summed E-state index contributed by atoms with van der Waals surface area (Å²) in [5.74, 6) is 0.479. The summed E-state index contributed by atoms with van der Waals surface area (Å²) in [5.41, 5.74) is 2.53. The van der Waals surface area contributed by atoms with Crippen LogP contribution in [0.1, 0.15) is 68.5 Å². The maximum atomic E-state index is 13.6. The lowest BCUT2D eigenvalue weighted by molar-refractivity contribution is 0.0750. The highest BCUT2D eigenvalue weighted by molar-refractivity contribution is 6.05. The van der Waals surface area contributed by atoms with Crippen molar-refractivity contribution < 1.29 is 4.79 Å². The number of rotatable bonds is 6. The zero-order valence-electron chi connectivity index (χ0n) is 19.1. The van der Waals surface area contributed by atoms with E-state index in [0.717, 1.165) is 11.1 Å². The van der Waals surface area contributed by atoms with Crippen LogP contribution in [0.5, 0.6) is 0 Å². The SMILES string of the molecule is CCN(Cc1nc2ccccc2c(=O)[nH]1)C(=O)c1cc(C(C)C)nc2c1cnn2C(C)C. The maximum Gasteiger partial charge on any atom is 0.258 e. The average molecular weight is 433 g/mol. The molecule has 3 aromatic heterocycles. The van der Waals surface area contributed by atoms with E-state index in [0.29, 0.717) is 34.5 Å². The molecule has 0 aliphatic heterocycles. The second-order valence-electron chi connectivity index (χ2n) is 8.52. The Bertz CT molecular complexity index is 1350. The van der Waals surface area contributed by atoms with Crippen LogP contribution < -0.4 is 5.56 Å². The Morgan fingerprint density at radius 3 is 2.56 bits per heavy atom. The fourth-order valence-electron chi connectivity index (χ4n) is 3.78. The summed E-state index contributed by atoms with van der Waals surface area (Å²) in [4.78, 5) is 39.9. The van der Waals surface area contributed by atoms with Crippen molar-refractivity contribution in [3.05, 3.63) is 64.0 Å². The van der Waals surface area contributed by atoms with Crippen LogP contribution in [0.4, 0.5) is 0 Å². The first-order chi connectivity index (χ1) is 15.3. The first-order valence-corrected chi connectivity index (χ1v) is 11.0. The van der Waals surface area contributed by atoms with Crippen molar-refractivity contribution in [1.82, 2.24) is 29.6 Å². The molecule has 0 radical (unpaired) electrons. The predicted octanol–water partition coefficient (Wildman–Crippen LogP) is 4.03. The van der Waals surface area contributed by atoms with Gasteiger partial charge in [-0.25, -0.2) is 14.6 Å². The zero-order valence-corrected chi connectivity index (χ0v) is 19.1. The van der Waals surface area contributed by atoms with Gasteiger partial charge >= 0.3 is 0 Å². The summed E-state index contributed by atoms with van der Waals surface area (Å²) < 4.78 is 1.84. The fraction of sp³-hybridized carbons (Fsp3) is 0.375. The second kappa shape index (κ2) is 8.53. The summed E-state index contributed by atoms with van der Waals surface area (Å²) in [6, 6.07) is 9.17. The van der Waals surface area contributed by atoms with Crippen LogP contribution in [-0.2, 0) is 6.54 Å². The standard InChI is InChI=1S/C24H28N6O2/c1-6-29(13-21-26-19-10-8-7-9-16(19)23(31)28-21)24(32)17-11-20(14(2)3)27-22-18(17)12-25-30(22)15(4)5/h7-12,14-15H,6,13H2,1-5H3,(H,26,28,31). The molecule has 0 aliphatic carbocycles. The highest BCUT2D eigenvalue weighted by atomic mass is 16.2. The predicted molar refractivity (Wildman–Crippen MR) is 125 cm³/mol. The van der Waals surface area contributed by atoms with Crippen molar-refractivity contribution >= 4 is 27.8 Å². The van der Waals surface area contributed by atoms with Gasteiger partial charge in [0.15, 0.2) is 5.65 Å². The Labute approximate surface area is 186 Å². The van der Waals surface area contributed by atoms with Crippen molar-refractivity contribution in [1.29, 1.82) is 0 Å². The topological polar surface area (TPSA) is 96.8 Å². The monoisotopic (exact) mass is 432 g/mol. The number of para-hydroxylation sites is 1. The van der Waals surface area contributed by atoms with E-state index in [1.807, 2.05) is 37.6 Å². The Kier molecular flexibility index (Phi) is 5.78. The molecule has 0 unspecified atom stereocenters. The molecule has 0 saturated carbocycles.